The molecule has 1 saturated heterocycles. The van der Waals surface area contributed by atoms with E-state index in [-0.39, 0.29) is 11.7 Å². The first-order chi connectivity index (χ1) is 13.9. The van der Waals surface area contributed by atoms with Gasteiger partial charge in [0.15, 0.2) is 16.7 Å². The highest BCUT2D eigenvalue weighted by Gasteiger charge is 2.33. The molecule has 0 saturated carbocycles. The van der Waals surface area contributed by atoms with Crippen molar-refractivity contribution in [3.63, 3.8) is 0 Å². The molecule has 0 atom stereocenters. The molecule has 29 heavy (non-hydrogen) atoms. The van der Waals surface area contributed by atoms with Gasteiger partial charge in [-0.1, -0.05) is 19.9 Å². The van der Waals surface area contributed by atoms with E-state index in [4.69, 9.17) is 9.47 Å². The van der Waals surface area contributed by atoms with Gasteiger partial charge in [0.25, 0.3) is 5.91 Å². The number of phenols is 1. The predicted molar refractivity (Wildman–Crippen MR) is 117 cm³/mol. The minimum Gasteiger partial charge on any atom is -0.504 e. The van der Waals surface area contributed by atoms with Gasteiger partial charge < -0.3 is 14.6 Å². The number of carbonyl (C=O) groups excluding carboxylic acids is 1. The van der Waals surface area contributed by atoms with Crippen LogP contribution in [-0.2, 0) is 4.79 Å². The summed E-state index contributed by atoms with van der Waals surface area (Å²) >= 11 is 1.33. The number of amides is 1. The molecular formula is C22H24N2O4S. The molecule has 152 valence electrons. The van der Waals surface area contributed by atoms with Crippen LogP contribution in [-0.4, -0.2) is 41.8 Å². The van der Waals surface area contributed by atoms with E-state index in [0.717, 1.165) is 11.4 Å². The molecule has 1 fully saturated rings. The van der Waals surface area contributed by atoms with Crippen molar-refractivity contribution in [3.05, 3.63) is 52.9 Å². The normalized spacial score (nSPS) is 16.9. The lowest BCUT2D eigenvalue weighted by Crippen LogP contribution is -2.32. The number of carbonyl (C=O) groups is 1. The third-order valence-corrected chi connectivity index (χ3v) is 5.24. The third kappa shape index (κ3) is 4.92. The van der Waals surface area contributed by atoms with Crippen molar-refractivity contribution in [1.82, 2.24) is 4.90 Å². The van der Waals surface area contributed by atoms with Gasteiger partial charge in [-0.05, 0) is 65.7 Å². The molecule has 0 aliphatic carbocycles. The van der Waals surface area contributed by atoms with E-state index in [2.05, 4.69) is 18.8 Å². The van der Waals surface area contributed by atoms with Gasteiger partial charge in [-0.2, -0.15) is 0 Å². The average Bonchev–Trinajstić information content (AvgIpc) is 2.97. The molecule has 2 aromatic rings. The van der Waals surface area contributed by atoms with Crippen LogP contribution in [0.3, 0.4) is 0 Å². The van der Waals surface area contributed by atoms with E-state index in [9.17, 15) is 9.90 Å². The highest BCUT2D eigenvalue weighted by Crippen LogP contribution is 2.36. The average molecular weight is 413 g/mol. The van der Waals surface area contributed by atoms with Gasteiger partial charge in [0, 0.05) is 6.54 Å². The van der Waals surface area contributed by atoms with E-state index in [1.807, 2.05) is 24.3 Å². The number of hydrogen-bond donors (Lipinski definition) is 1. The maximum Gasteiger partial charge on any atom is 0.266 e. The molecule has 3 rings (SSSR count). The largest absolute Gasteiger partial charge is 0.504 e. The molecule has 1 heterocycles. The van der Waals surface area contributed by atoms with Crippen molar-refractivity contribution in [2.45, 2.75) is 13.8 Å². The first-order valence-corrected chi connectivity index (χ1v) is 10.0. The standard InChI is InChI=1S/C22H24N2O4S/c1-14(2)13-24-21(26)20(12-15-5-10-19(28-4)18(25)11-15)29-22(24)23-16-6-8-17(27-3)9-7-16/h5-12,14,25H,13H2,1-4H3. The summed E-state index contributed by atoms with van der Waals surface area (Å²) in [5.74, 6) is 1.38. The third-order valence-electron chi connectivity index (χ3n) is 4.23. The zero-order valence-corrected chi connectivity index (χ0v) is 17.7. The number of aliphatic imine (C=N–C) groups is 1. The number of aromatic hydroxyl groups is 1. The van der Waals surface area contributed by atoms with E-state index in [1.165, 1.54) is 18.9 Å². The molecule has 0 aromatic heterocycles. The fraction of sp³-hybridized carbons (Fsp3) is 0.273. The molecule has 7 heteroatoms. The van der Waals surface area contributed by atoms with Crippen LogP contribution < -0.4 is 9.47 Å². The maximum absolute atomic E-state index is 13.0. The van der Waals surface area contributed by atoms with Crippen LogP contribution in [0.25, 0.3) is 6.08 Å². The van der Waals surface area contributed by atoms with Gasteiger partial charge in [-0.25, -0.2) is 4.99 Å². The van der Waals surface area contributed by atoms with Gasteiger partial charge in [-0.15, -0.1) is 0 Å². The Bertz CT molecular complexity index is 952. The van der Waals surface area contributed by atoms with E-state index >= 15 is 0 Å². The van der Waals surface area contributed by atoms with Crippen molar-refractivity contribution in [2.24, 2.45) is 10.9 Å². The minimum absolute atomic E-state index is 0.0310. The van der Waals surface area contributed by atoms with Crippen molar-refractivity contribution < 1.29 is 19.4 Å². The number of methoxy groups -OCH3 is 2. The molecule has 6 nitrogen and oxygen atoms in total. The van der Waals surface area contributed by atoms with Crippen molar-refractivity contribution >= 4 is 34.6 Å². The van der Waals surface area contributed by atoms with Crippen LogP contribution in [0.2, 0.25) is 0 Å². The zero-order chi connectivity index (χ0) is 21.0. The van der Waals surface area contributed by atoms with Gasteiger partial charge in [0.05, 0.1) is 24.8 Å². The number of phenolic OH excluding ortho intramolecular Hbond substituents is 1. The maximum atomic E-state index is 13.0. The van der Waals surface area contributed by atoms with Crippen LogP contribution in [0, 0.1) is 5.92 Å². The second-order valence-electron chi connectivity index (χ2n) is 6.94. The fourth-order valence-electron chi connectivity index (χ4n) is 2.83. The Hall–Kier alpha value is -2.93. The summed E-state index contributed by atoms with van der Waals surface area (Å²) in [5, 5.41) is 10.6. The van der Waals surface area contributed by atoms with Gasteiger partial charge >= 0.3 is 0 Å². The van der Waals surface area contributed by atoms with Crippen molar-refractivity contribution in [2.75, 3.05) is 20.8 Å². The summed E-state index contributed by atoms with van der Waals surface area (Å²) in [4.78, 5) is 19.9. The Morgan fingerprint density at radius 3 is 2.45 bits per heavy atom. The van der Waals surface area contributed by atoms with Crippen LogP contribution in [0.5, 0.6) is 17.2 Å². The Morgan fingerprint density at radius 1 is 1.14 bits per heavy atom. The van der Waals surface area contributed by atoms with E-state index < -0.39 is 0 Å². The molecule has 1 N–H and O–H groups in total. The SMILES string of the molecule is COc1ccc(N=C2SC(=Cc3ccc(OC)c(O)c3)C(=O)N2CC(C)C)cc1. The Morgan fingerprint density at radius 2 is 1.86 bits per heavy atom. The molecule has 1 aliphatic heterocycles. The Balaban J connectivity index is 1.93. The van der Waals surface area contributed by atoms with E-state index in [1.54, 1.807) is 36.3 Å². The van der Waals surface area contributed by atoms with E-state index in [0.29, 0.717) is 33.8 Å². The first-order valence-electron chi connectivity index (χ1n) is 9.22. The second-order valence-corrected chi connectivity index (χ2v) is 7.95. The Labute approximate surface area is 174 Å². The van der Waals surface area contributed by atoms with Gasteiger partial charge in [-0.3, -0.25) is 9.69 Å². The number of rotatable bonds is 6. The number of hydrogen-bond acceptors (Lipinski definition) is 6. The summed E-state index contributed by atoms with van der Waals surface area (Å²) in [6, 6.07) is 12.4. The van der Waals surface area contributed by atoms with Crippen LogP contribution in [0.15, 0.2) is 52.4 Å². The van der Waals surface area contributed by atoms with Crippen LogP contribution >= 0.6 is 11.8 Å². The smallest absolute Gasteiger partial charge is 0.266 e. The summed E-state index contributed by atoms with van der Waals surface area (Å²) in [5.41, 5.74) is 1.47. The summed E-state index contributed by atoms with van der Waals surface area (Å²) in [6.07, 6.45) is 1.76. The minimum atomic E-state index is -0.0914. The molecule has 0 unspecified atom stereocenters. The highest BCUT2D eigenvalue weighted by molar-refractivity contribution is 8.18. The topological polar surface area (TPSA) is 71.4 Å². The molecule has 0 radical (unpaired) electrons. The lowest BCUT2D eigenvalue weighted by molar-refractivity contribution is -0.122. The molecule has 2 aromatic carbocycles. The molecule has 1 aliphatic rings. The van der Waals surface area contributed by atoms with Crippen molar-refractivity contribution in [3.8, 4) is 17.2 Å². The summed E-state index contributed by atoms with van der Waals surface area (Å²) in [6.45, 7) is 4.70. The van der Waals surface area contributed by atoms with Crippen LogP contribution in [0.4, 0.5) is 5.69 Å². The fourth-order valence-corrected chi connectivity index (χ4v) is 3.84. The molecule has 1 amide bonds. The Kier molecular flexibility index (Phi) is 6.49. The number of amidine groups is 1. The summed E-state index contributed by atoms with van der Waals surface area (Å²) in [7, 11) is 3.11. The van der Waals surface area contributed by atoms with Gasteiger partial charge in [0.1, 0.15) is 5.75 Å². The monoisotopic (exact) mass is 412 g/mol. The lowest BCUT2D eigenvalue weighted by Gasteiger charge is -2.17. The lowest BCUT2D eigenvalue weighted by atomic mass is 10.1. The molecule has 0 spiro atoms. The summed E-state index contributed by atoms with van der Waals surface area (Å²) < 4.78 is 10.3. The zero-order valence-electron chi connectivity index (χ0n) is 16.9. The molecular weight excluding hydrogens is 388 g/mol. The molecule has 0 bridgehead atoms. The predicted octanol–water partition coefficient (Wildman–Crippen LogP) is 4.67. The number of benzene rings is 2. The second kappa shape index (κ2) is 9.05. The number of ether oxygens (including phenoxy) is 2. The van der Waals surface area contributed by atoms with Crippen LogP contribution in [0.1, 0.15) is 19.4 Å². The quantitative estimate of drug-likeness (QED) is 0.698. The highest BCUT2D eigenvalue weighted by atomic mass is 32.2. The number of thioether (sulfide) groups is 1. The first kappa shape index (κ1) is 20.8. The van der Waals surface area contributed by atoms with Gasteiger partial charge in [0.2, 0.25) is 0 Å². The number of nitrogens with zero attached hydrogens (tertiary/aromatic N) is 2. The van der Waals surface area contributed by atoms with Crippen molar-refractivity contribution in [1.29, 1.82) is 0 Å².